The average molecular weight is 322 g/mol. The second kappa shape index (κ2) is 5.77. The number of carbonyl (C=O) groups excluding carboxylic acids is 1. The third-order valence-corrected chi connectivity index (χ3v) is 5.98. The Bertz CT molecular complexity index is 534. The van der Waals surface area contributed by atoms with Crippen LogP contribution in [0.25, 0.3) is 0 Å². The Balaban J connectivity index is 1.38. The van der Waals surface area contributed by atoms with Crippen LogP contribution in [0.4, 0.5) is 5.13 Å². The number of aromatic nitrogens is 2. The molecule has 4 rings (SSSR count). The predicted molar refractivity (Wildman–Crippen MR) is 83.9 cm³/mol. The lowest BCUT2D eigenvalue weighted by molar-refractivity contribution is -0.131. The van der Waals surface area contributed by atoms with E-state index in [1.807, 2.05) is 0 Å². The Morgan fingerprint density at radius 1 is 1.45 bits per heavy atom. The van der Waals surface area contributed by atoms with E-state index in [4.69, 9.17) is 4.74 Å². The highest BCUT2D eigenvalue weighted by molar-refractivity contribution is 7.13. The lowest BCUT2D eigenvalue weighted by Crippen LogP contribution is -2.46. The van der Waals surface area contributed by atoms with Crippen LogP contribution in [0, 0.1) is 5.41 Å². The highest BCUT2D eigenvalue weighted by Crippen LogP contribution is 2.42. The van der Waals surface area contributed by atoms with Gasteiger partial charge in [0.05, 0.1) is 6.61 Å². The van der Waals surface area contributed by atoms with Crippen molar-refractivity contribution in [2.24, 2.45) is 5.41 Å². The molecule has 22 heavy (non-hydrogen) atoms. The molecule has 2 atom stereocenters. The SMILES string of the molecule is O=C(NC1CCC1)[C@@H]1C[C@@]2(CCCN(c3nncs3)C2)CO1. The third-order valence-electron chi connectivity index (χ3n) is 5.23. The number of rotatable bonds is 3. The first-order valence-corrected chi connectivity index (χ1v) is 9.05. The molecule has 1 saturated carbocycles. The summed E-state index contributed by atoms with van der Waals surface area (Å²) in [4.78, 5) is 14.6. The molecule has 0 radical (unpaired) electrons. The number of nitrogens with zero attached hydrogens (tertiary/aromatic N) is 3. The molecule has 1 N–H and O–H groups in total. The summed E-state index contributed by atoms with van der Waals surface area (Å²) in [5, 5.41) is 12.2. The first kappa shape index (κ1) is 14.4. The fourth-order valence-electron chi connectivity index (χ4n) is 3.76. The smallest absolute Gasteiger partial charge is 0.249 e. The maximum absolute atomic E-state index is 12.3. The van der Waals surface area contributed by atoms with Gasteiger partial charge in [0.25, 0.3) is 0 Å². The second-order valence-corrected chi connectivity index (χ2v) is 7.70. The maximum Gasteiger partial charge on any atom is 0.249 e. The summed E-state index contributed by atoms with van der Waals surface area (Å²) in [7, 11) is 0. The van der Waals surface area contributed by atoms with Crippen molar-refractivity contribution in [1.29, 1.82) is 0 Å². The van der Waals surface area contributed by atoms with Gasteiger partial charge in [0, 0.05) is 24.5 Å². The zero-order valence-electron chi connectivity index (χ0n) is 12.7. The Labute approximate surface area is 134 Å². The van der Waals surface area contributed by atoms with Crippen molar-refractivity contribution in [1.82, 2.24) is 15.5 Å². The van der Waals surface area contributed by atoms with Gasteiger partial charge in [0.2, 0.25) is 11.0 Å². The maximum atomic E-state index is 12.3. The minimum absolute atomic E-state index is 0.0922. The van der Waals surface area contributed by atoms with Gasteiger partial charge < -0.3 is 15.0 Å². The van der Waals surface area contributed by atoms with Crippen molar-refractivity contribution in [3.05, 3.63) is 5.51 Å². The Morgan fingerprint density at radius 3 is 3.09 bits per heavy atom. The zero-order valence-corrected chi connectivity index (χ0v) is 13.5. The molecule has 0 aromatic carbocycles. The van der Waals surface area contributed by atoms with Crippen molar-refractivity contribution in [2.75, 3.05) is 24.6 Å². The molecule has 2 aliphatic heterocycles. The molecule has 3 aliphatic rings. The van der Waals surface area contributed by atoms with E-state index in [0.29, 0.717) is 12.6 Å². The van der Waals surface area contributed by atoms with Gasteiger partial charge in [0.15, 0.2) is 0 Å². The lowest BCUT2D eigenvalue weighted by atomic mass is 9.78. The summed E-state index contributed by atoms with van der Waals surface area (Å²) in [6.07, 6.45) is 6.30. The number of anilines is 1. The Kier molecular flexibility index (Phi) is 3.78. The number of ether oxygens (including phenoxy) is 1. The van der Waals surface area contributed by atoms with Crippen molar-refractivity contribution in [3.8, 4) is 0 Å². The number of hydrogen-bond acceptors (Lipinski definition) is 6. The largest absolute Gasteiger partial charge is 0.368 e. The molecule has 1 amide bonds. The molecule has 7 heteroatoms. The first-order chi connectivity index (χ1) is 10.7. The highest BCUT2D eigenvalue weighted by atomic mass is 32.1. The summed E-state index contributed by atoms with van der Waals surface area (Å²) in [6, 6.07) is 0.386. The van der Waals surface area contributed by atoms with Crippen LogP contribution in [0.3, 0.4) is 0 Å². The molecule has 0 unspecified atom stereocenters. The molecule has 3 heterocycles. The Morgan fingerprint density at radius 2 is 2.36 bits per heavy atom. The monoisotopic (exact) mass is 322 g/mol. The predicted octanol–water partition coefficient (Wildman–Crippen LogP) is 1.58. The number of carbonyl (C=O) groups is 1. The lowest BCUT2D eigenvalue weighted by Gasteiger charge is -2.39. The van der Waals surface area contributed by atoms with Crippen molar-refractivity contribution in [2.45, 2.75) is 50.7 Å². The van der Waals surface area contributed by atoms with E-state index in [1.165, 1.54) is 6.42 Å². The van der Waals surface area contributed by atoms with Gasteiger partial charge in [-0.25, -0.2) is 0 Å². The normalized spacial score (nSPS) is 32.2. The van der Waals surface area contributed by atoms with Crippen LogP contribution in [-0.4, -0.2) is 47.9 Å². The molecule has 0 bridgehead atoms. The molecule has 3 fully saturated rings. The van der Waals surface area contributed by atoms with Gasteiger partial charge in [-0.1, -0.05) is 11.3 Å². The van der Waals surface area contributed by atoms with Crippen molar-refractivity contribution in [3.63, 3.8) is 0 Å². The molecule has 2 saturated heterocycles. The number of nitrogens with one attached hydrogen (secondary N) is 1. The van der Waals surface area contributed by atoms with Gasteiger partial charge >= 0.3 is 0 Å². The quantitative estimate of drug-likeness (QED) is 0.915. The number of hydrogen-bond donors (Lipinski definition) is 1. The van der Waals surface area contributed by atoms with Crippen LogP contribution in [0.15, 0.2) is 5.51 Å². The fourth-order valence-corrected chi connectivity index (χ4v) is 4.35. The minimum Gasteiger partial charge on any atom is -0.368 e. The second-order valence-electron chi connectivity index (χ2n) is 6.89. The fraction of sp³-hybridized carbons (Fsp3) is 0.800. The van der Waals surface area contributed by atoms with Crippen molar-refractivity contribution >= 4 is 22.4 Å². The average Bonchev–Trinajstić information content (AvgIpc) is 3.13. The van der Waals surface area contributed by atoms with Crippen LogP contribution < -0.4 is 10.2 Å². The van der Waals surface area contributed by atoms with Gasteiger partial charge in [-0.15, -0.1) is 10.2 Å². The Hall–Kier alpha value is -1.21. The summed E-state index contributed by atoms with van der Waals surface area (Å²) in [5.41, 5.74) is 1.88. The minimum atomic E-state index is -0.269. The van der Waals surface area contributed by atoms with Gasteiger partial charge in [-0.2, -0.15) is 0 Å². The van der Waals surface area contributed by atoms with Gasteiger partial charge in [-0.05, 0) is 38.5 Å². The molecular weight excluding hydrogens is 300 g/mol. The van der Waals surface area contributed by atoms with E-state index in [2.05, 4.69) is 20.4 Å². The molecule has 1 aromatic rings. The first-order valence-electron chi connectivity index (χ1n) is 8.17. The summed E-state index contributed by atoms with van der Waals surface area (Å²) in [6.45, 7) is 2.64. The van der Waals surface area contributed by atoms with Gasteiger partial charge in [0.1, 0.15) is 11.6 Å². The zero-order chi connectivity index (χ0) is 15.0. The summed E-state index contributed by atoms with van der Waals surface area (Å²) < 4.78 is 5.87. The van der Waals surface area contributed by atoms with E-state index in [1.54, 1.807) is 16.8 Å². The van der Waals surface area contributed by atoms with E-state index >= 15 is 0 Å². The topological polar surface area (TPSA) is 67.4 Å². The van der Waals surface area contributed by atoms with Crippen LogP contribution in [-0.2, 0) is 9.53 Å². The standard InChI is InChI=1S/C15H22N4O2S/c20-13(17-11-3-1-4-11)12-7-15(9-21-12)5-2-6-19(8-15)14-18-16-10-22-14/h10-12H,1-9H2,(H,17,20)/t12-,15+/m0/s1. The summed E-state index contributed by atoms with van der Waals surface area (Å²) >= 11 is 1.58. The molecular formula is C15H22N4O2S. The van der Waals surface area contributed by atoms with E-state index in [9.17, 15) is 4.79 Å². The van der Waals surface area contributed by atoms with Crippen LogP contribution in [0.2, 0.25) is 0 Å². The van der Waals surface area contributed by atoms with Crippen LogP contribution in [0.1, 0.15) is 38.5 Å². The molecule has 6 nitrogen and oxygen atoms in total. The number of piperidine rings is 1. The number of amides is 1. The van der Waals surface area contributed by atoms with Gasteiger partial charge in [-0.3, -0.25) is 4.79 Å². The van der Waals surface area contributed by atoms with E-state index < -0.39 is 0 Å². The van der Waals surface area contributed by atoms with E-state index in [0.717, 1.165) is 50.3 Å². The van der Waals surface area contributed by atoms with Crippen LogP contribution in [0.5, 0.6) is 0 Å². The van der Waals surface area contributed by atoms with E-state index in [-0.39, 0.29) is 17.4 Å². The van der Waals surface area contributed by atoms with Crippen molar-refractivity contribution < 1.29 is 9.53 Å². The molecule has 1 spiro atoms. The highest BCUT2D eigenvalue weighted by Gasteiger charge is 2.46. The molecule has 1 aromatic heterocycles. The van der Waals surface area contributed by atoms with Crippen LogP contribution >= 0.6 is 11.3 Å². The third kappa shape index (κ3) is 2.72. The summed E-state index contributed by atoms with van der Waals surface area (Å²) in [5.74, 6) is 0.0922. The molecule has 1 aliphatic carbocycles. The molecule has 120 valence electrons.